The molecule has 165 valence electrons. The lowest BCUT2D eigenvalue weighted by molar-refractivity contribution is 0.569. The normalized spacial score (nSPS) is 13.8. The van der Waals surface area contributed by atoms with Gasteiger partial charge < -0.3 is 0 Å². The zero-order chi connectivity index (χ0) is 23.1. The summed E-state index contributed by atoms with van der Waals surface area (Å²) in [4.78, 5) is 0. The summed E-state index contributed by atoms with van der Waals surface area (Å²) >= 11 is 0. The highest BCUT2D eigenvalue weighted by Gasteiger charge is 2.25. The third-order valence-corrected chi connectivity index (χ3v) is 6.56. The number of hydrogen-bond acceptors (Lipinski definition) is 0. The van der Waals surface area contributed by atoms with Gasteiger partial charge in [-0.05, 0) is 73.4 Å². The molecule has 0 fully saturated rings. The number of allylic oxidation sites excluding steroid dienone is 1. The van der Waals surface area contributed by atoms with Crippen LogP contribution in [0.4, 0.5) is 0 Å². The van der Waals surface area contributed by atoms with Gasteiger partial charge in [0.25, 0.3) is 0 Å². The molecular formula is C32H37. The maximum Gasteiger partial charge on any atom is 0.0211 e. The molecular weight excluding hydrogens is 384 g/mol. The lowest BCUT2D eigenvalue weighted by Crippen LogP contribution is -2.16. The molecule has 0 heterocycles. The third kappa shape index (κ3) is 4.46. The molecule has 0 N–H and O–H groups in total. The Morgan fingerprint density at radius 1 is 0.688 bits per heavy atom. The van der Waals surface area contributed by atoms with Crippen LogP contribution in [-0.2, 0) is 17.3 Å². The summed E-state index contributed by atoms with van der Waals surface area (Å²) in [5.41, 5.74) is 12.6. The van der Waals surface area contributed by atoms with Crippen LogP contribution in [0.25, 0.3) is 22.8 Å². The molecule has 4 rings (SSSR count). The Hall–Kier alpha value is -2.60. The summed E-state index contributed by atoms with van der Waals surface area (Å²) < 4.78 is 0. The quantitative estimate of drug-likeness (QED) is 0.394. The first-order chi connectivity index (χ1) is 15.1. The fourth-order valence-electron chi connectivity index (χ4n) is 4.58. The first-order valence-electron chi connectivity index (χ1n) is 12.0. The number of fused-ring (bicyclic) bond motifs is 1. The van der Waals surface area contributed by atoms with Crippen LogP contribution in [0.3, 0.4) is 0 Å². The number of aryl methyl sites for hydroxylation is 1. The SMILES string of the molecule is CCCc1ccc2c(c1-c1cc(C(C)(C)C)cc(C(C)(C)C)c1)C=C(c1ccccc1)[CH]2. The molecule has 32 heavy (non-hydrogen) atoms. The monoisotopic (exact) mass is 421 g/mol. The first-order valence-corrected chi connectivity index (χ1v) is 12.0. The Kier molecular flexibility index (Phi) is 5.93. The van der Waals surface area contributed by atoms with Crippen LogP contribution in [-0.4, -0.2) is 0 Å². The van der Waals surface area contributed by atoms with Crippen molar-refractivity contribution in [3.63, 3.8) is 0 Å². The maximum atomic E-state index is 2.44. The molecule has 0 heteroatoms. The van der Waals surface area contributed by atoms with Crippen LogP contribution in [0.2, 0.25) is 0 Å². The van der Waals surface area contributed by atoms with E-state index in [1.165, 1.54) is 50.1 Å². The average Bonchev–Trinajstić information content (AvgIpc) is 3.17. The fraction of sp³-hybridized carbons (Fsp3) is 0.344. The Bertz CT molecular complexity index is 1110. The Morgan fingerprint density at radius 3 is 1.88 bits per heavy atom. The van der Waals surface area contributed by atoms with Gasteiger partial charge in [0, 0.05) is 6.42 Å². The molecule has 3 aromatic rings. The molecule has 0 nitrogen and oxygen atoms in total. The van der Waals surface area contributed by atoms with E-state index in [0.29, 0.717) is 0 Å². The van der Waals surface area contributed by atoms with Gasteiger partial charge in [-0.3, -0.25) is 0 Å². The standard InChI is InChI=1S/C32H37/c1-8-12-23-15-16-24-17-25(22-13-10-9-11-14-22)20-29(24)30(23)26-18-27(31(2,3)4)21-28(19-26)32(5,6)7/h9-11,13-21H,8,12H2,1-7H3. The maximum absolute atomic E-state index is 2.44. The highest BCUT2D eigenvalue weighted by atomic mass is 14.3. The van der Waals surface area contributed by atoms with Crippen LogP contribution < -0.4 is 0 Å². The number of hydrogen-bond donors (Lipinski definition) is 0. The van der Waals surface area contributed by atoms with Crippen molar-refractivity contribution in [3.05, 3.63) is 100 Å². The van der Waals surface area contributed by atoms with Gasteiger partial charge in [0.05, 0.1) is 0 Å². The topological polar surface area (TPSA) is 0 Å². The van der Waals surface area contributed by atoms with Crippen molar-refractivity contribution in [1.82, 2.24) is 0 Å². The van der Waals surface area contributed by atoms with E-state index in [2.05, 4.69) is 122 Å². The zero-order valence-electron chi connectivity index (χ0n) is 20.8. The summed E-state index contributed by atoms with van der Waals surface area (Å²) in [6.45, 7) is 16.2. The summed E-state index contributed by atoms with van der Waals surface area (Å²) in [5, 5.41) is 0. The van der Waals surface area contributed by atoms with Crippen LogP contribution in [0, 0.1) is 6.42 Å². The molecule has 1 radical (unpaired) electrons. The van der Waals surface area contributed by atoms with Crippen molar-refractivity contribution in [1.29, 1.82) is 0 Å². The molecule has 0 amide bonds. The Balaban J connectivity index is 1.97. The van der Waals surface area contributed by atoms with E-state index in [9.17, 15) is 0 Å². The van der Waals surface area contributed by atoms with Crippen molar-refractivity contribution >= 4 is 11.6 Å². The van der Waals surface area contributed by atoms with Crippen molar-refractivity contribution in [2.75, 3.05) is 0 Å². The lowest BCUT2D eigenvalue weighted by Gasteiger charge is -2.27. The van der Waals surface area contributed by atoms with Gasteiger partial charge in [0.2, 0.25) is 0 Å². The van der Waals surface area contributed by atoms with E-state index in [1.807, 2.05) is 0 Å². The van der Waals surface area contributed by atoms with E-state index in [0.717, 1.165) is 12.8 Å². The molecule has 1 aliphatic rings. The molecule has 0 saturated carbocycles. The number of benzene rings is 3. The molecule has 0 spiro atoms. The van der Waals surface area contributed by atoms with Crippen LogP contribution in [0.1, 0.15) is 88.3 Å². The smallest absolute Gasteiger partial charge is 0.0211 e. The summed E-state index contributed by atoms with van der Waals surface area (Å²) in [6, 6.07) is 22.7. The Morgan fingerprint density at radius 2 is 1.31 bits per heavy atom. The average molecular weight is 422 g/mol. The van der Waals surface area contributed by atoms with E-state index >= 15 is 0 Å². The van der Waals surface area contributed by atoms with Crippen molar-refractivity contribution < 1.29 is 0 Å². The van der Waals surface area contributed by atoms with E-state index in [4.69, 9.17) is 0 Å². The molecule has 0 aliphatic heterocycles. The Labute approximate surface area is 195 Å². The van der Waals surface area contributed by atoms with E-state index < -0.39 is 0 Å². The van der Waals surface area contributed by atoms with Crippen LogP contribution in [0.5, 0.6) is 0 Å². The second kappa shape index (κ2) is 8.39. The van der Waals surface area contributed by atoms with Crippen molar-refractivity contribution in [2.45, 2.75) is 72.1 Å². The highest BCUT2D eigenvalue weighted by molar-refractivity contribution is 5.99. The molecule has 1 aliphatic carbocycles. The molecule has 0 atom stereocenters. The second-order valence-corrected chi connectivity index (χ2v) is 11.3. The van der Waals surface area contributed by atoms with Gasteiger partial charge in [0.1, 0.15) is 0 Å². The van der Waals surface area contributed by atoms with E-state index in [1.54, 1.807) is 0 Å². The predicted octanol–water partition coefficient (Wildman–Crippen LogP) is 9.01. The minimum absolute atomic E-state index is 0.107. The van der Waals surface area contributed by atoms with Gasteiger partial charge in [-0.15, -0.1) is 0 Å². The minimum atomic E-state index is 0.107. The fourth-order valence-corrected chi connectivity index (χ4v) is 4.58. The summed E-state index contributed by atoms with van der Waals surface area (Å²) in [6.07, 6.45) is 7.00. The molecule has 0 saturated heterocycles. The van der Waals surface area contributed by atoms with E-state index in [-0.39, 0.29) is 10.8 Å². The summed E-state index contributed by atoms with van der Waals surface area (Å²) in [5.74, 6) is 0. The third-order valence-electron chi connectivity index (χ3n) is 6.56. The van der Waals surface area contributed by atoms with Gasteiger partial charge >= 0.3 is 0 Å². The van der Waals surface area contributed by atoms with Gasteiger partial charge in [-0.25, -0.2) is 0 Å². The highest BCUT2D eigenvalue weighted by Crippen LogP contribution is 2.43. The van der Waals surface area contributed by atoms with Gasteiger partial charge in [0.15, 0.2) is 0 Å². The zero-order valence-corrected chi connectivity index (χ0v) is 20.8. The second-order valence-electron chi connectivity index (χ2n) is 11.3. The molecule has 0 unspecified atom stereocenters. The number of rotatable bonds is 4. The van der Waals surface area contributed by atoms with Crippen LogP contribution >= 0.6 is 0 Å². The molecule has 0 aromatic heterocycles. The minimum Gasteiger partial charge on any atom is -0.0651 e. The van der Waals surface area contributed by atoms with Crippen molar-refractivity contribution in [3.8, 4) is 11.1 Å². The largest absolute Gasteiger partial charge is 0.0651 e. The van der Waals surface area contributed by atoms with Crippen molar-refractivity contribution in [2.24, 2.45) is 0 Å². The first kappa shape index (κ1) is 22.6. The van der Waals surface area contributed by atoms with Gasteiger partial charge in [-0.1, -0.05) is 116 Å². The van der Waals surface area contributed by atoms with Crippen LogP contribution in [0.15, 0.2) is 60.7 Å². The molecule has 0 bridgehead atoms. The molecule has 3 aromatic carbocycles. The lowest BCUT2D eigenvalue weighted by atomic mass is 9.78. The van der Waals surface area contributed by atoms with Gasteiger partial charge in [-0.2, -0.15) is 0 Å². The predicted molar refractivity (Wildman–Crippen MR) is 141 cm³/mol. The summed E-state index contributed by atoms with van der Waals surface area (Å²) in [7, 11) is 0.